The molecule has 4 nitrogen and oxygen atoms in total. The van der Waals surface area contributed by atoms with Crippen LogP contribution in [0.5, 0.6) is 0 Å². The SMILES string of the molecule is O=C(O)c1cnn(CF)c1CCc1ccc(C(F)(F)F)cc1. The number of carboxylic acid groups (broad SMARTS) is 1. The highest BCUT2D eigenvalue weighted by molar-refractivity contribution is 5.88. The number of carboxylic acids is 1. The molecule has 0 aliphatic rings. The molecule has 1 heterocycles. The van der Waals surface area contributed by atoms with Crippen LogP contribution >= 0.6 is 0 Å². The zero-order valence-electron chi connectivity index (χ0n) is 11.3. The van der Waals surface area contributed by atoms with E-state index < -0.39 is 24.5 Å². The van der Waals surface area contributed by atoms with Gasteiger partial charge in [-0.1, -0.05) is 12.1 Å². The van der Waals surface area contributed by atoms with Gasteiger partial charge in [-0.15, -0.1) is 0 Å². The lowest BCUT2D eigenvalue weighted by atomic mass is 10.0. The van der Waals surface area contributed by atoms with Gasteiger partial charge in [-0.2, -0.15) is 18.3 Å². The predicted octanol–water partition coefficient (Wildman–Crippen LogP) is 3.31. The van der Waals surface area contributed by atoms with E-state index in [0.29, 0.717) is 5.56 Å². The lowest BCUT2D eigenvalue weighted by Gasteiger charge is -2.08. The van der Waals surface area contributed by atoms with Crippen molar-refractivity contribution in [1.82, 2.24) is 9.78 Å². The van der Waals surface area contributed by atoms with Gasteiger partial charge >= 0.3 is 12.1 Å². The van der Waals surface area contributed by atoms with Crippen molar-refractivity contribution in [2.75, 3.05) is 0 Å². The molecule has 2 rings (SSSR count). The van der Waals surface area contributed by atoms with Crippen LogP contribution in [0.1, 0.15) is 27.2 Å². The first-order chi connectivity index (χ1) is 10.3. The number of alkyl halides is 4. The summed E-state index contributed by atoms with van der Waals surface area (Å²) in [6, 6.07) is 4.55. The van der Waals surface area contributed by atoms with Gasteiger partial charge in [-0.05, 0) is 30.5 Å². The lowest BCUT2D eigenvalue weighted by Crippen LogP contribution is -2.08. The Morgan fingerprint density at radius 1 is 1.18 bits per heavy atom. The Labute approximate surface area is 123 Å². The number of hydrogen-bond donors (Lipinski definition) is 1. The molecular formula is C14H12F4N2O2. The van der Waals surface area contributed by atoms with Gasteiger partial charge in [0.1, 0.15) is 5.56 Å². The number of aromatic carboxylic acids is 1. The Bertz CT molecular complexity index is 662. The van der Waals surface area contributed by atoms with Gasteiger partial charge < -0.3 is 5.11 Å². The standard InChI is InChI=1S/C14H12F4N2O2/c15-8-20-12(11(7-19-20)13(21)22)6-3-9-1-4-10(5-2-9)14(16,17)18/h1-2,4-5,7H,3,6,8H2,(H,21,22). The van der Waals surface area contributed by atoms with Crippen LogP contribution in [0.3, 0.4) is 0 Å². The molecule has 0 unspecified atom stereocenters. The molecule has 0 aliphatic carbocycles. The van der Waals surface area contributed by atoms with E-state index in [1.54, 1.807) is 0 Å². The van der Waals surface area contributed by atoms with Crippen LogP contribution in [-0.2, 0) is 25.8 Å². The first-order valence-corrected chi connectivity index (χ1v) is 6.33. The average Bonchev–Trinajstić information content (AvgIpc) is 2.87. The van der Waals surface area contributed by atoms with E-state index in [0.717, 1.165) is 23.0 Å². The van der Waals surface area contributed by atoms with Gasteiger partial charge in [0.05, 0.1) is 17.5 Å². The number of aromatic nitrogens is 2. The molecule has 1 aromatic heterocycles. The number of halogens is 4. The van der Waals surface area contributed by atoms with E-state index in [1.165, 1.54) is 12.1 Å². The van der Waals surface area contributed by atoms with E-state index in [1.807, 2.05) is 0 Å². The summed E-state index contributed by atoms with van der Waals surface area (Å²) >= 11 is 0. The van der Waals surface area contributed by atoms with Gasteiger partial charge in [0.25, 0.3) is 0 Å². The molecule has 0 fully saturated rings. The topological polar surface area (TPSA) is 55.1 Å². The number of nitrogens with zero attached hydrogens (tertiary/aromatic N) is 2. The van der Waals surface area contributed by atoms with Crippen LogP contribution in [0, 0.1) is 0 Å². The molecule has 1 N–H and O–H groups in total. The van der Waals surface area contributed by atoms with Gasteiger partial charge in [-0.3, -0.25) is 0 Å². The zero-order valence-corrected chi connectivity index (χ0v) is 11.3. The number of aryl methyl sites for hydroxylation is 1. The number of carbonyl (C=O) groups is 1. The van der Waals surface area contributed by atoms with Gasteiger partial charge in [-0.25, -0.2) is 13.9 Å². The third kappa shape index (κ3) is 3.44. The molecule has 0 bridgehead atoms. The van der Waals surface area contributed by atoms with Crippen molar-refractivity contribution in [3.05, 3.63) is 52.8 Å². The van der Waals surface area contributed by atoms with E-state index in [-0.39, 0.29) is 24.1 Å². The van der Waals surface area contributed by atoms with Crippen molar-refractivity contribution >= 4 is 5.97 Å². The number of rotatable bonds is 5. The molecule has 118 valence electrons. The molecule has 0 amide bonds. The molecule has 0 radical (unpaired) electrons. The Morgan fingerprint density at radius 3 is 2.32 bits per heavy atom. The van der Waals surface area contributed by atoms with Gasteiger partial charge in [0.15, 0.2) is 6.80 Å². The van der Waals surface area contributed by atoms with E-state index >= 15 is 0 Å². The lowest BCUT2D eigenvalue weighted by molar-refractivity contribution is -0.137. The first kappa shape index (κ1) is 16.0. The van der Waals surface area contributed by atoms with Crippen molar-refractivity contribution < 1.29 is 27.5 Å². The van der Waals surface area contributed by atoms with Gasteiger partial charge in [0.2, 0.25) is 0 Å². The second-order valence-corrected chi connectivity index (χ2v) is 4.62. The van der Waals surface area contributed by atoms with Crippen LogP contribution in [0.4, 0.5) is 17.6 Å². The predicted molar refractivity (Wildman–Crippen MR) is 69.1 cm³/mol. The quantitative estimate of drug-likeness (QED) is 0.861. The van der Waals surface area contributed by atoms with Crippen LogP contribution in [0.2, 0.25) is 0 Å². The summed E-state index contributed by atoms with van der Waals surface area (Å²) in [4.78, 5) is 11.0. The molecule has 1 aromatic carbocycles. The number of hydrogen-bond acceptors (Lipinski definition) is 2. The Kier molecular flexibility index (Phi) is 4.48. The zero-order chi connectivity index (χ0) is 16.3. The monoisotopic (exact) mass is 316 g/mol. The van der Waals surface area contributed by atoms with Crippen molar-refractivity contribution in [3.63, 3.8) is 0 Å². The molecule has 22 heavy (non-hydrogen) atoms. The van der Waals surface area contributed by atoms with Gasteiger partial charge in [0, 0.05) is 0 Å². The molecule has 2 aromatic rings. The van der Waals surface area contributed by atoms with Crippen molar-refractivity contribution in [1.29, 1.82) is 0 Å². The fourth-order valence-corrected chi connectivity index (χ4v) is 2.08. The third-order valence-electron chi connectivity index (χ3n) is 3.22. The molecule has 0 spiro atoms. The molecule has 0 saturated carbocycles. The summed E-state index contributed by atoms with van der Waals surface area (Å²) in [7, 11) is 0. The maximum absolute atomic E-state index is 12.8. The van der Waals surface area contributed by atoms with Crippen molar-refractivity contribution in [3.8, 4) is 0 Å². The Morgan fingerprint density at radius 2 is 1.82 bits per heavy atom. The van der Waals surface area contributed by atoms with Crippen LogP contribution in [-0.4, -0.2) is 20.9 Å². The second kappa shape index (κ2) is 6.17. The highest BCUT2D eigenvalue weighted by Crippen LogP contribution is 2.29. The summed E-state index contributed by atoms with van der Waals surface area (Å²) in [6.45, 7) is -0.963. The summed E-state index contributed by atoms with van der Waals surface area (Å²) < 4.78 is 51.0. The Hall–Kier alpha value is -2.38. The van der Waals surface area contributed by atoms with E-state index in [2.05, 4.69) is 5.10 Å². The van der Waals surface area contributed by atoms with Crippen molar-refractivity contribution in [2.24, 2.45) is 0 Å². The minimum Gasteiger partial charge on any atom is -0.478 e. The summed E-state index contributed by atoms with van der Waals surface area (Å²) in [5.74, 6) is -1.22. The molecule has 0 saturated heterocycles. The third-order valence-corrected chi connectivity index (χ3v) is 3.22. The first-order valence-electron chi connectivity index (χ1n) is 6.33. The van der Waals surface area contributed by atoms with Crippen molar-refractivity contribution in [2.45, 2.75) is 25.8 Å². The molecule has 0 aliphatic heterocycles. The average molecular weight is 316 g/mol. The fraction of sp³-hybridized carbons (Fsp3) is 0.286. The summed E-state index contributed by atoms with van der Waals surface area (Å²) in [6.07, 6.45) is -2.90. The minimum atomic E-state index is -4.40. The molecular weight excluding hydrogens is 304 g/mol. The highest BCUT2D eigenvalue weighted by atomic mass is 19.4. The van der Waals surface area contributed by atoms with E-state index in [9.17, 15) is 22.4 Å². The van der Waals surface area contributed by atoms with Crippen LogP contribution in [0.25, 0.3) is 0 Å². The summed E-state index contributed by atoms with van der Waals surface area (Å²) in [5.41, 5.74) is -0.0633. The maximum atomic E-state index is 12.8. The highest BCUT2D eigenvalue weighted by Gasteiger charge is 2.29. The normalized spacial score (nSPS) is 11.6. The van der Waals surface area contributed by atoms with Crippen LogP contribution in [0.15, 0.2) is 30.5 Å². The maximum Gasteiger partial charge on any atom is 0.416 e. The largest absolute Gasteiger partial charge is 0.478 e. The van der Waals surface area contributed by atoms with E-state index in [4.69, 9.17) is 5.11 Å². The minimum absolute atomic E-state index is 0.107. The second-order valence-electron chi connectivity index (χ2n) is 4.62. The molecule has 8 heteroatoms. The fourth-order valence-electron chi connectivity index (χ4n) is 2.08. The Balaban J connectivity index is 2.13. The van der Waals surface area contributed by atoms with Crippen LogP contribution < -0.4 is 0 Å². The summed E-state index contributed by atoms with van der Waals surface area (Å²) in [5, 5.41) is 12.6. The molecule has 0 atom stereocenters. The smallest absolute Gasteiger partial charge is 0.416 e. The number of benzene rings is 1.